The summed E-state index contributed by atoms with van der Waals surface area (Å²) < 4.78 is 0. The molecule has 0 bridgehead atoms. The lowest BCUT2D eigenvalue weighted by atomic mass is 10.2. The monoisotopic (exact) mass is 410 g/mol. The lowest BCUT2D eigenvalue weighted by Gasteiger charge is -2.10. The van der Waals surface area contributed by atoms with E-state index in [0.717, 1.165) is 22.7 Å². The van der Waals surface area contributed by atoms with Gasteiger partial charge in [-0.25, -0.2) is 4.99 Å². The summed E-state index contributed by atoms with van der Waals surface area (Å²) in [5, 5.41) is 5.66. The first kappa shape index (κ1) is 21.3. The number of nitrogens with two attached hydrogens (primary N) is 1. The van der Waals surface area contributed by atoms with Crippen molar-refractivity contribution in [3.05, 3.63) is 78.9 Å². The average molecular weight is 410 g/mol. The van der Waals surface area contributed by atoms with Gasteiger partial charge in [0.05, 0.1) is 28.5 Å². The normalized spacial score (nSPS) is 14.0. The van der Waals surface area contributed by atoms with Crippen LogP contribution in [0.2, 0.25) is 0 Å². The van der Waals surface area contributed by atoms with Crippen LogP contribution in [-0.4, -0.2) is 30.8 Å². The van der Waals surface area contributed by atoms with Gasteiger partial charge in [-0.15, -0.1) is 0 Å². The number of nitrogen functional groups attached to an aromatic ring is 1. The molecule has 0 aromatic heterocycles. The van der Waals surface area contributed by atoms with E-state index in [-0.39, 0.29) is 5.91 Å². The van der Waals surface area contributed by atoms with E-state index in [4.69, 9.17) is 5.73 Å². The van der Waals surface area contributed by atoms with Gasteiger partial charge in [0.2, 0.25) is 0 Å². The molecule has 0 saturated heterocycles. The van der Waals surface area contributed by atoms with Gasteiger partial charge >= 0.3 is 0 Å². The Morgan fingerprint density at radius 2 is 1.32 bits per heavy atom. The molecular weight excluding hydrogens is 388 g/mol. The fourth-order valence-corrected chi connectivity index (χ4v) is 2.71. The Hall–Kier alpha value is -4.39. The first-order valence-corrected chi connectivity index (χ1v) is 9.44. The molecule has 1 aliphatic heterocycles. The summed E-state index contributed by atoms with van der Waals surface area (Å²) in [6.07, 6.45) is 0. The quantitative estimate of drug-likeness (QED) is 0.477. The van der Waals surface area contributed by atoms with Crippen molar-refractivity contribution in [1.29, 1.82) is 0 Å². The number of hydrazone groups is 1. The van der Waals surface area contributed by atoms with Crippen LogP contribution in [0.3, 0.4) is 0 Å². The van der Waals surface area contributed by atoms with Crippen molar-refractivity contribution in [1.82, 2.24) is 0 Å². The molecule has 0 atom stereocenters. The van der Waals surface area contributed by atoms with Crippen molar-refractivity contribution in [2.75, 3.05) is 10.7 Å². The van der Waals surface area contributed by atoms with Gasteiger partial charge in [0, 0.05) is 5.69 Å². The second kappa shape index (κ2) is 9.89. The van der Waals surface area contributed by atoms with Gasteiger partial charge in [-0.3, -0.25) is 14.8 Å². The molecule has 0 fully saturated rings. The number of carbonyl (C=O) groups is 1. The fourth-order valence-electron chi connectivity index (χ4n) is 2.71. The predicted octanol–water partition coefficient (Wildman–Crippen LogP) is 5.11. The molecule has 1 aliphatic rings. The number of amides is 1. The first-order chi connectivity index (χ1) is 15.0. The number of carbonyl (C=O) groups excluding carboxylic acids is 1. The molecule has 3 aromatic carbocycles. The lowest BCUT2D eigenvalue weighted by molar-refractivity contribution is -0.112. The Labute approximate surface area is 181 Å². The third kappa shape index (κ3) is 5.36. The molecule has 1 heterocycles. The second-order valence-corrected chi connectivity index (χ2v) is 6.52. The third-order valence-electron chi connectivity index (χ3n) is 4.34. The van der Waals surface area contributed by atoms with Crippen LogP contribution in [0.1, 0.15) is 6.92 Å². The van der Waals surface area contributed by atoms with E-state index in [1.165, 1.54) is 5.01 Å². The molecule has 0 aliphatic carbocycles. The zero-order valence-corrected chi connectivity index (χ0v) is 17.1. The Bertz CT molecular complexity index is 1130. The largest absolute Gasteiger partial charge is 0.399 e. The maximum atomic E-state index is 12.5. The summed E-state index contributed by atoms with van der Waals surface area (Å²) in [5.41, 5.74) is 10.1. The van der Waals surface area contributed by atoms with Crippen LogP contribution in [-0.2, 0) is 4.79 Å². The smallest absolute Gasteiger partial charge is 0.299 e. The number of nitrogens with zero attached hydrogens (tertiary/aromatic N) is 5. The summed E-state index contributed by atoms with van der Waals surface area (Å²) in [5.74, 6) is -0.227. The summed E-state index contributed by atoms with van der Waals surface area (Å²) in [4.78, 5) is 24.4. The minimum atomic E-state index is -0.227. The van der Waals surface area contributed by atoms with Crippen LogP contribution in [0.5, 0.6) is 0 Å². The number of aliphatic imine (C=N–C) groups is 3. The molecule has 0 unspecified atom stereocenters. The summed E-state index contributed by atoms with van der Waals surface area (Å²) in [7, 11) is 0. The molecule has 2 N–H and O–H groups in total. The van der Waals surface area contributed by atoms with Crippen LogP contribution in [0, 0.1) is 0 Å². The van der Waals surface area contributed by atoms with E-state index >= 15 is 0 Å². The van der Waals surface area contributed by atoms with Crippen LogP contribution in [0.25, 0.3) is 0 Å². The number of benzene rings is 3. The van der Waals surface area contributed by atoms with E-state index in [1.807, 2.05) is 42.5 Å². The number of rotatable bonds is 4. The van der Waals surface area contributed by atoms with E-state index in [2.05, 4.69) is 33.5 Å². The van der Waals surface area contributed by atoms with E-state index in [0.29, 0.717) is 17.1 Å². The van der Waals surface area contributed by atoms with E-state index < -0.39 is 0 Å². The summed E-state index contributed by atoms with van der Waals surface area (Å²) >= 11 is 0. The first-order valence-electron chi connectivity index (χ1n) is 9.44. The fraction of sp³-hybridized carbons (Fsp3) is 0.0417. The number of para-hydroxylation sites is 1. The molecular formula is C24H22N6O. The molecule has 0 spiro atoms. The highest BCUT2D eigenvalue weighted by molar-refractivity contribution is 6.71. The van der Waals surface area contributed by atoms with Crippen LogP contribution >= 0.6 is 0 Å². The van der Waals surface area contributed by atoms with Gasteiger partial charge in [0.15, 0.2) is 5.71 Å². The van der Waals surface area contributed by atoms with Crippen molar-refractivity contribution in [2.45, 2.75) is 6.92 Å². The molecule has 31 heavy (non-hydrogen) atoms. The van der Waals surface area contributed by atoms with Gasteiger partial charge < -0.3 is 5.73 Å². The third-order valence-corrected chi connectivity index (χ3v) is 4.34. The molecule has 0 saturated carbocycles. The lowest BCUT2D eigenvalue weighted by Crippen LogP contribution is -2.26. The summed E-state index contributed by atoms with van der Waals surface area (Å²) in [6.45, 7) is 8.61. The molecule has 4 rings (SSSR count). The predicted molar refractivity (Wildman–Crippen MR) is 130 cm³/mol. The van der Waals surface area contributed by atoms with E-state index in [1.54, 1.807) is 43.3 Å². The zero-order chi connectivity index (χ0) is 22.2. The van der Waals surface area contributed by atoms with Crippen LogP contribution < -0.4 is 10.7 Å². The van der Waals surface area contributed by atoms with Crippen molar-refractivity contribution in [2.24, 2.45) is 20.1 Å². The van der Waals surface area contributed by atoms with Gasteiger partial charge in [-0.05, 0) is 81.0 Å². The number of anilines is 2. The summed E-state index contributed by atoms with van der Waals surface area (Å²) in [6, 6.07) is 23.7. The Balaban J connectivity index is 0.000000254. The van der Waals surface area contributed by atoms with Gasteiger partial charge in [0.1, 0.15) is 0 Å². The highest BCUT2D eigenvalue weighted by Gasteiger charge is 2.30. The van der Waals surface area contributed by atoms with Gasteiger partial charge in [-0.1, -0.05) is 18.2 Å². The number of hydrogen-bond donors (Lipinski definition) is 1. The maximum Gasteiger partial charge on any atom is 0.299 e. The minimum absolute atomic E-state index is 0.227. The van der Waals surface area contributed by atoms with Crippen LogP contribution in [0.4, 0.5) is 28.4 Å². The molecule has 154 valence electrons. The van der Waals surface area contributed by atoms with E-state index in [9.17, 15) is 4.79 Å². The Kier molecular flexibility index (Phi) is 6.80. The number of hydrogen-bond acceptors (Lipinski definition) is 6. The van der Waals surface area contributed by atoms with Gasteiger partial charge in [-0.2, -0.15) is 10.1 Å². The molecule has 7 nitrogen and oxygen atoms in total. The SMILES string of the molecule is C=Nc1ccc(N)cc1.C=Nc1ccc(N=C2C(=O)N(c3ccccc3)N=C2C)cc1. The Morgan fingerprint density at radius 3 is 1.87 bits per heavy atom. The molecule has 0 radical (unpaired) electrons. The minimum Gasteiger partial charge on any atom is -0.399 e. The van der Waals surface area contributed by atoms with Crippen molar-refractivity contribution < 1.29 is 4.79 Å². The highest BCUT2D eigenvalue weighted by atomic mass is 16.2. The second-order valence-electron chi connectivity index (χ2n) is 6.52. The maximum absolute atomic E-state index is 12.5. The van der Waals surface area contributed by atoms with Crippen molar-refractivity contribution in [3.63, 3.8) is 0 Å². The van der Waals surface area contributed by atoms with Gasteiger partial charge in [0.25, 0.3) is 5.91 Å². The standard InChI is InChI=1S/C17H14N4O.C7H8N2/c1-12-16(19-14-10-8-13(18-2)9-11-14)17(22)21(20-12)15-6-4-3-5-7-15;1-9-7-4-2-6(8)3-5-7/h3-11H,2H2,1H3;2-5H,1,8H2. The van der Waals surface area contributed by atoms with Crippen LogP contribution in [0.15, 0.2) is 98.9 Å². The molecule has 1 amide bonds. The van der Waals surface area contributed by atoms with Crippen molar-refractivity contribution in [3.8, 4) is 0 Å². The van der Waals surface area contributed by atoms with Crippen molar-refractivity contribution >= 4 is 59.2 Å². The highest BCUT2D eigenvalue weighted by Crippen LogP contribution is 2.22. The Morgan fingerprint density at radius 1 is 0.806 bits per heavy atom. The zero-order valence-electron chi connectivity index (χ0n) is 17.1. The molecule has 3 aromatic rings. The topological polar surface area (TPSA) is 95.8 Å². The average Bonchev–Trinajstić information content (AvgIpc) is 3.09. The molecule has 7 heteroatoms.